The minimum absolute atomic E-state index is 0.0164. The van der Waals surface area contributed by atoms with E-state index in [1.807, 2.05) is 25.1 Å². The summed E-state index contributed by atoms with van der Waals surface area (Å²) < 4.78 is 0. The van der Waals surface area contributed by atoms with Gasteiger partial charge in [-0.2, -0.15) is 4.98 Å². The standard InChI is InChI=1S/C18H24N6O3S/c1-23(2)15-9-10-19-18(22-15)21-13-5-3-12(4-6-13)11-20-17(25)14-7-8-16(28-14)24(26)27/h7-10,12-13H,3-6,11H2,1-2H3,(H,20,25)(H,19,21,22). The first-order valence-corrected chi connectivity index (χ1v) is 10.0. The van der Waals surface area contributed by atoms with Crippen LogP contribution in [0.2, 0.25) is 0 Å². The molecule has 1 aliphatic rings. The smallest absolute Gasteiger partial charge is 0.324 e. The molecule has 0 aliphatic heterocycles. The molecule has 1 aliphatic carbocycles. The molecule has 2 N–H and O–H groups in total. The van der Waals surface area contributed by atoms with Crippen LogP contribution in [0.4, 0.5) is 16.8 Å². The first-order valence-electron chi connectivity index (χ1n) is 9.21. The van der Waals surface area contributed by atoms with Crippen molar-refractivity contribution in [2.75, 3.05) is 30.9 Å². The Morgan fingerprint density at radius 3 is 2.68 bits per heavy atom. The second-order valence-corrected chi connectivity index (χ2v) is 8.16. The average molecular weight is 404 g/mol. The van der Waals surface area contributed by atoms with Crippen molar-refractivity contribution >= 4 is 34.0 Å². The van der Waals surface area contributed by atoms with Gasteiger partial charge in [0.1, 0.15) is 5.82 Å². The highest BCUT2D eigenvalue weighted by Gasteiger charge is 2.23. The van der Waals surface area contributed by atoms with E-state index < -0.39 is 4.92 Å². The van der Waals surface area contributed by atoms with Crippen LogP contribution in [0.15, 0.2) is 24.4 Å². The maximum atomic E-state index is 12.2. The van der Waals surface area contributed by atoms with Gasteiger partial charge in [0, 0.05) is 38.9 Å². The molecule has 28 heavy (non-hydrogen) atoms. The lowest BCUT2D eigenvalue weighted by Crippen LogP contribution is -2.34. The quantitative estimate of drug-likeness (QED) is 0.539. The number of rotatable bonds is 7. The summed E-state index contributed by atoms with van der Waals surface area (Å²) in [5.74, 6) is 1.67. The lowest BCUT2D eigenvalue weighted by molar-refractivity contribution is -0.380. The number of hydrogen-bond acceptors (Lipinski definition) is 8. The number of amides is 1. The molecule has 2 aromatic rings. The third-order valence-corrected chi connectivity index (χ3v) is 5.86. The molecule has 0 saturated heterocycles. The van der Waals surface area contributed by atoms with Gasteiger partial charge in [-0.25, -0.2) is 4.98 Å². The zero-order valence-corrected chi connectivity index (χ0v) is 16.7. The SMILES string of the molecule is CN(C)c1ccnc(NC2CCC(CNC(=O)c3ccc([N+](=O)[O-])s3)CC2)n1. The zero-order chi connectivity index (χ0) is 20.1. The van der Waals surface area contributed by atoms with Crippen molar-refractivity contribution < 1.29 is 9.72 Å². The maximum Gasteiger partial charge on any atom is 0.324 e. The van der Waals surface area contributed by atoms with Gasteiger partial charge in [-0.05, 0) is 43.7 Å². The Morgan fingerprint density at radius 1 is 1.29 bits per heavy atom. The van der Waals surface area contributed by atoms with Crippen LogP contribution in [-0.4, -0.2) is 47.5 Å². The summed E-state index contributed by atoms with van der Waals surface area (Å²) in [6.07, 6.45) is 5.72. The van der Waals surface area contributed by atoms with E-state index in [1.54, 1.807) is 6.20 Å². The van der Waals surface area contributed by atoms with Crippen molar-refractivity contribution in [1.29, 1.82) is 0 Å². The maximum absolute atomic E-state index is 12.2. The van der Waals surface area contributed by atoms with Crippen LogP contribution in [0.1, 0.15) is 35.4 Å². The Morgan fingerprint density at radius 2 is 2.04 bits per heavy atom. The molecule has 0 unspecified atom stereocenters. The van der Waals surface area contributed by atoms with Crippen molar-refractivity contribution in [2.24, 2.45) is 5.92 Å². The Kier molecular flexibility index (Phi) is 6.40. The van der Waals surface area contributed by atoms with Gasteiger partial charge in [0.05, 0.1) is 9.80 Å². The Labute approximate surface area is 167 Å². The second-order valence-electron chi connectivity index (χ2n) is 7.10. The van der Waals surface area contributed by atoms with Crippen molar-refractivity contribution in [3.8, 4) is 0 Å². The van der Waals surface area contributed by atoms with Crippen LogP contribution in [-0.2, 0) is 0 Å². The number of hydrogen-bond donors (Lipinski definition) is 2. The van der Waals surface area contributed by atoms with Crippen LogP contribution < -0.4 is 15.5 Å². The molecule has 1 amide bonds. The lowest BCUT2D eigenvalue weighted by Gasteiger charge is -2.29. The first-order chi connectivity index (χ1) is 13.4. The number of anilines is 2. The molecule has 1 saturated carbocycles. The lowest BCUT2D eigenvalue weighted by atomic mass is 9.86. The fraction of sp³-hybridized carbons (Fsp3) is 0.500. The zero-order valence-electron chi connectivity index (χ0n) is 15.9. The molecule has 2 aromatic heterocycles. The van der Waals surface area contributed by atoms with E-state index in [-0.39, 0.29) is 10.9 Å². The fourth-order valence-electron chi connectivity index (χ4n) is 3.23. The normalized spacial score (nSPS) is 19.1. The van der Waals surface area contributed by atoms with Crippen molar-refractivity contribution in [2.45, 2.75) is 31.7 Å². The number of carbonyl (C=O) groups is 1. The van der Waals surface area contributed by atoms with E-state index in [4.69, 9.17) is 0 Å². The van der Waals surface area contributed by atoms with Gasteiger partial charge in [0.2, 0.25) is 5.95 Å². The summed E-state index contributed by atoms with van der Waals surface area (Å²) in [6, 6.07) is 5.06. The summed E-state index contributed by atoms with van der Waals surface area (Å²) in [5, 5.41) is 17.0. The third kappa shape index (κ3) is 5.16. The number of nitrogens with one attached hydrogen (secondary N) is 2. The molecule has 9 nitrogen and oxygen atoms in total. The topological polar surface area (TPSA) is 113 Å². The van der Waals surface area contributed by atoms with E-state index in [0.717, 1.165) is 42.8 Å². The predicted molar refractivity (Wildman–Crippen MR) is 109 cm³/mol. The average Bonchev–Trinajstić information content (AvgIpc) is 3.18. The van der Waals surface area contributed by atoms with Gasteiger partial charge < -0.3 is 15.5 Å². The summed E-state index contributed by atoms with van der Waals surface area (Å²) >= 11 is 0.902. The van der Waals surface area contributed by atoms with Crippen molar-refractivity contribution in [3.63, 3.8) is 0 Å². The van der Waals surface area contributed by atoms with Crippen LogP contribution in [0, 0.1) is 16.0 Å². The number of aromatic nitrogens is 2. The predicted octanol–water partition coefficient (Wildman–Crippen LogP) is 2.91. The number of thiophene rings is 1. The number of carbonyl (C=O) groups excluding carboxylic acids is 1. The fourth-order valence-corrected chi connectivity index (χ4v) is 3.97. The number of nitrogens with zero attached hydrogens (tertiary/aromatic N) is 4. The molecule has 0 atom stereocenters. The molecular formula is C18H24N6O3S. The summed E-state index contributed by atoms with van der Waals surface area (Å²) in [5.41, 5.74) is 0. The Hall–Kier alpha value is -2.75. The first kappa shape index (κ1) is 20.0. The van der Waals surface area contributed by atoms with Gasteiger partial charge in [-0.1, -0.05) is 11.3 Å². The van der Waals surface area contributed by atoms with Crippen LogP contribution in [0.25, 0.3) is 0 Å². The number of nitro groups is 1. The van der Waals surface area contributed by atoms with Gasteiger partial charge in [-0.15, -0.1) is 0 Å². The van der Waals surface area contributed by atoms with E-state index in [0.29, 0.717) is 29.3 Å². The highest BCUT2D eigenvalue weighted by molar-refractivity contribution is 7.17. The summed E-state index contributed by atoms with van der Waals surface area (Å²) in [4.78, 5) is 33.5. The van der Waals surface area contributed by atoms with E-state index >= 15 is 0 Å². The van der Waals surface area contributed by atoms with Crippen LogP contribution in [0.5, 0.6) is 0 Å². The monoisotopic (exact) mass is 404 g/mol. The molecular weight excluding hydrogens is 380 g/mol. The highest BCUT2D eigenvalue weighted by Crippen LogP contribution is 2.27. The molecule has 10 heteroatoms. The van der Waals surface area contributed by atoms with Crippen LogP contribution in [0.3, 0.4) is 0 Å². The Bertz CT molecular complexity index is 832. The molecule has 0 aromatic carbocycles. The van der Waals surface area contributed by atoms with Gasteiger partial charge >= 0.3 is 5.00 Å². The van der Waals surface area contributed by atoms with E-state index in [2.05, 4.69) is 20.6 Å². The third-order valence-electron chi connectivity index (χ3n) is 4.83. The molecule has 150 valence electrons. The van der Waals surface area contributed by atoms with Gasteiger partial charge in [0.25, 0.3) is 5.91 Å². The van der Waals surface area contributed by atoms with Crippen molar-refractivity contribution in [3.05, 3.63) is 39.4 Å². The molecule has 3 rings (SSSR count). The summed E-state index contributed by atoms with van der Waals surface area (Å²) in [6.45, 7) is 0.587. The minimum Gasteiger partial charge on any atom is -0.363 e. The second kappa shape index (κ2) is 8.96. The summed E-state index contributed by atoms with van der Waals surface area (Å²) in [7, 11) is 3.89. The highest BCUT2D eigenvalue weighted by atomic mass is 32.1. The Balaban J connectivity index is 1.43. The van der Waals surface area contributed by atoms with Gasteiger partial charge in [-0.3, -0.25) is 14.9 Å². The molecule has 0 radical (unpaired) electrons. The van der Waals surface area contributed by atoms with Crippen LogP contribution >= 0.6 is 11.3 Å². The molecule has 0 bridgehead atoms. The molecule has 1 fully saturated rings. The largest absolute Gasteiger partial charge is 0.363 e. The van der Waals surface area contributed by atoms with Crippen molar-refractivity contribution in [1.82, 2.24) is 15.3 Å². The minimum atomic E-state index is -0.479. The van der Waals surface area contributed by atoms with Gasteiger partial charge in [0.15, 0.2) is 0 Å². The van der Waals surface area contributed by atoms with E-state index in [1.165, 1.54) is 12.1 Å². The molecule has 2 heterocycles. The van der Waals surface area contributed by atoms with E-state index in [9.17, 15) is 14.9 Å². The molecule has 0 spiro atoms.